The van der Waals surface area contributed by atoms with Crippen LogP contribution in [0.3, 0.4) is 0 Å². The standard InChI is InChI=1S/C13H19FN2O2S/c1-2-16-9-3-4-12(10-16)15-19(17,18)13-7-5-11(14)6-8-13/h5-8,12,15H,2-4,9-10H2,1H3. The van der Waals surface area contributed by atoms with Crippen molar-refractivity contribution in [1.82, 2.24) is 9.62 Å². The van der Waals surface area contributed by atoms with Crippen LogP contribution in [-0.4, -0.2) is 39.0 Å². The quantitative estimate of drug-likeness (QED) is 0.914. The molecule has 0 radical (unpaired) electrons. The molecular weight excluding hydrogens is 267 g/mol. The molecule has 0 spiro atoms. The summed E-state index contributed by atoms with van der Waals surface area (Å²) in [5.74, 6) is -0.436. The molecule has 0 bridgehead atoms. The number of hydrogen-bond acceptors (Lipinski definition) is 3. The molecular formula is C13H19FN2O2S. The van der Waals surface area contributed by atoms with Gasteiger partial charge in [0.15, 0.2) is 0 Å². The van der Waals surface area contributed by atoms with Crippen molar-refractivity contribution >= 4 is 10.0 Å². The summed E-state index contributed by atoms with van der Waals surface area (Å²) in [5, 5.41) is 0. The minimum Gasteiger partial charge on any atom is -0.302 e. The molecule has 0 saturated carbocycles. The van der Waals surface area contributed by atoms with Crippen LogP contribution in [-0.2, 0) is 10.0 Å². The molecule has 0 aliphatic carbocycles. The van der Waals surface area contributed by atoms with Crippen LogP contribution in [0.4, 0.5) is 4.39 Å². The maximum absolute atomic E-state index is 12.8. The third-order valence-corrected chi connectivity index (χ3v) is 4.93. The Morgan fingerprint density at radius 3 is 2.68 bits per heavy atom. The van der Waals surface area contributed by atoms with Gasteiger partial charge in [-0.15, -0.1) is 0 Å². The van der Waals surface area contributed by atoms with Crippen molar-refractivity contribution in [2.45, 2.75) is 30.7 Å². The van der Waals surface area contributed by atoms with Crippen LogP contribution in [0, 0.1) is 5.82 Å². The summed E-state index contributed by atoms with van der Waals surface area (Å²) in [6, 6.07) is 4.83. The van der Waals surface area contributed by atoms with E-state index in [1.807, 2.05) is 0 Å². The molecule has 2 rings (SSSR count). The maximum Gasteiger partial charge on any atom is 0.240 e. The molecule has 6 heteroatoms. The molecule has 0 aromatic heterocycles. The second-order valence-corrected chi connectivity index (χ2v) is 6.52. The first kappa shape index (κ1) is 14.4. The Morgan fingerprint density at radius 1 is 1.37 bits per heavy atom. The van der Waals surface area contributed by atoms with Crippen molar-refractivity contribution in [3.05, 3.63) is 30.1 Å². The summed E-state index contributed by atoms with van der Waals surface area (Å²) < 4.78 is 39.8. The van der Waals surface area contributed by atoms with Gasteiger partial charge in [0.1, 0.15) is 5.82 Å². The zero-order chi connectivity index (χ0) is 13.9. The molecule has 106 valence electrons. The Bertz CT molecular complexity index is 516. The fraction of sp³-hybridized carbons (Fsp3) is 0.538. The van der Waals surface area contributed by atoms with Crippen molar-refractivity contribution in [2.75, 3.05) is 19.6 Å². The lowest BCUT2D eigenvalue weighted by Gasteiger charge is -2.32. The molecule has 1 atom stereocenters. The Balaban J connectivity index is 2.06. The Morgan fingerprint density at radius 2 is 2.05 bits per heavy atom. The predicted octanol–water partition coefficient (Wildman–Crippen LogP) is 1.59. The van der Waals surface area contributed by atoms with Gasteiger partial charge in [0, 0.05) is 12.6 Å². The van der Waals surface area contributed by atoms with Crippen molar-refractivity contribution in [3.8, 4) is 0 Å². The number of rotatable bonds is 4. The van der Waals surface area contributed by atoms with E-state index in [0.717, 1.165) is 44.6 Å². The zero-order valence-corrected chi connectivity index (χ0v) is 11.8. The highest BCUT2D eigenvalue weighted by atomic mass is 32.2. The number of halogens is 1. The summed E-state index contributed by atoms with van der Waals surface area (Å²) in [6.07, 6.45) is 1.83. The lowest BCUT2D eigenvalue weighted by Crippen LogP contribution is -2.47. The lowest BCUT2D eigenvalue weighted by atomic mass is 10.1. The van der Waals surface area contributed by atoms with Crippen LogP contribution in [0.2, 0.25) is 0 Å². The molecule has 1 aromatic carbocycles. The third-order valence-electron chi connectivity index (χ3n) is 3.40. The van der Waals surface area contributed by atoms with E-state index in [1.165, 1.54) is 12.1 Å². The Hall–Kier alpha value is -0.980. The van der Waals surface area contributed by atoms with Gasteiger partial charge in [0.2, 0.25) is 10.0 Å². The van der Waals surface area contributed by atoms with Gasteiger partial charge in [-0.1, -0.05) is 6.92 Å². The van der Waals surface area contributed by atoms with E-state index in [-0.39, 0.29) is 10.9 Å². The SMILES string of the molecule is CCN1CCCC(NS(=O)(=O)c2ccc(F)cc2)C1. The third kappa shape index (κ3) is 3.75. The molecule has 0 amide bonds. The van der Waals surface area contributed by atoms with Crippen LogP contribution in [0.1, 0.15) is 19.8 Å². The summed E-state index contributed by atoms with van der Waals surface area (Å²) in [7, 11) is -3.55. The second-order valence-electron chi connectivity index (χ2n) is 4.81. The fourth-order valence-corrected chi connectivity index (χ4v) is 3.60. The van der Waals surface area contributed by atoms with E-state index in [4.69, 9.17) is 0 Å². The van der Waals surface area contributed by atoms with Gasteiger partial charge in [-0.2, -0.15) is 0 Å². The molecule has 1 aliphatic heterocycles. The summed E-state index contributed by atoms with van der Waals surface area (Å²) >= 11 is 0. The second kappa shape index (κ2) is 5.98. The topological polar surface area (TPSA) is 49.4 Å². The molecule has 1 aliphatic rings. The number of nitrogens with zero attached hydrogens (tertiary/aromatic N) is 1. The van der Waals surface area contributed by atoms with E-state index in [0.29, 0.717) is 0 Å². The lowest BCUT2D eigenvalue weighted by molar-refractivity contribution is 0.211. The monoisotopic (exact) mass is 286 g/mol. The van der Waals surface area contributed by atoms with E-state index >= 15 is 0 Å². The highest BCUT2D eigenvalue weighted by Gasteiger charge is 2.24. The summed E-state index contributed by atoms with van der Waals surface area (Å²) in [6.45, 7) is 4.74. The number of benzene rings is 1. The minimum absolute atomic E-state index is 0.0660. The number of likely N-dealkylation sites (N-methyl/N-ethyl adjacent to an activating group) is 1. The van der Waals surface area contributed by atoms with Crippen LogP contribution < -0.4 is 4.72 Å². The molecule has 1 aromatic rings. The number of piperidine rings is 1. The normalized spacial score (nSPS) is 21.5. The first-order valence-corrected chi connectivity index (χ1v) is 8.00. The number of hydrogen-bond donors (Lipinski definition) is 1. The van der Waals surface area contributed by atoms with Gasteiger partial charge in [0.05, 0.1) is 4.90 Å². The smallest absolute Gasteiger partial charge is 0.240 e. The van der Waals surface area contributed by atoms with Crippen molar-refractivity contribution < 1.29 is 12.8 Å². The molecule has 1 saturated heterocycles. The fourth-order valence-electron chi connectivity index (χ4n) is 2.34. The number of likely N-dealkylation sites (tertiary alicyclic amines) is 1. The number of nitrogens with one attached hydrogen (secondary N) is 1. The van der Waals surface area contributed by atoms with E-state index in [9.17, 15) is 12.8 Å². The van der Waals surface area contributed by atoms with E-state index in [2.05, 4.69) is 16.5 Å². The van der Waals surface area contributed by atoms with Crippen LogP contribution in [0.5, 0.6) is 0 Å². The minimum atomic E-state index is -3.55. The van der Waals surface area contributed by atoms with Gasteiger partial charge < -0.3 is 4.90 Å². The zero-order valence-electron chi connectivity index (χ0n) is 11.0. The van der Waals surface area contributed by atoms with Gasteiger partial charge in [-0.25, -0.2) is 17.5 Å². The Kier molecular flexibility index (Phi) is 4.54. The van der Waals surface area contributed by atoms with E-state index in [1.54, 1.807) is 0 Å². The average molecular weight is 286 g/mol. The first-order chi connectivity index (χ1) is 9.01. The molecule has 19 heavy (non-hydrogen) atoms. The van der Waals surface area contributed by atoms with Gasteiger partial charge in [-0.05, 0) is 50.2 Å². The summed E-state index contributed by atoms with van der Waals surface area (Å²) in [4.78, 5) is 2.34. The van der Waals surface area contributed by atoms with Gasteiger partial charge >= 0.3 is 0 Å². The summed E-state index contributed by atoms with van der Waals surface area (Å²) in [5.41, 5.74) is 0. The van der Waals surface area contributed by atoms with Gasteiger partial charge in [-0.3, -0.25) is 0 Å². The highest BCUT2D eigenvalue weighted by molar-refractivity contribution is 7.89. The molecule has 4 nitrogen and oxygen atoms in total. The molecule has 1 N–H and O–H groups in total. The van der Waals surface area contributed by atoms with Crippen molar-refractivity contribution in [3.63, 3.8) is 0 Å². The van der Waals surface area contributed by atoms with E-state index < -0.39 is 15.8 Å². The predicted molar refractivity (Wildman–Crippen MR) is 71.9 cm³/mol. The van der Waals surface area contributed by atoms with Crippen molar-refractivity contribution in [2.24, 2.45) is 0 Å². The molecule has 1 fully saturated rings. The average Bonchev–Trinajstić information content (AvgIpc) is 2.39. The highest BCUT2D eigenvalue weighted by Crippen LogP contribution is 2.14. The first-order valence-electron chi connectivity index (χ1n) is 6.51. The number of sulfonamides is 1. The molecule has 1 heterocycles. The Labute approximate surface area is 113 Å². The maximum atomic E-state index is 12.8. The largest absolute Gasteiger partial charge is 0.302 e. The van der Waals surface area contributed by atoms with Gasteiger partial charge in [0.25, 0.3) is 0 Å². The van der Waals surface area contributed by atoms with Crippen LogP contribution >= 0.6 is 0 Å². The molecule has 1 unspecified atom stereocenters. The van der Waals surface area contributed by atoms with Crippen LogP contribution in [0.15, 0.2) is 29.2 Å². The van der Waals surface area contributed by atoms with Crippen molar-refractivity contribution in [1.29, 1.82) is 0 Å². The van der Waals surface area contributed by atoms with Crippen LogP contribution in [0.25, 0.3) is 0 Å².